The standard InChI is InChI=1S/C22H16BrCl2NO2S/c23-19-11-15(3-10-20(19)28-12-14-1-4-16(24)5-2-14)22-26(21(27)13-29-22)18-8-6-17(25)7-9-18/h1-11,22H,12-13H2/t22-/m1/s1. The first kappa shape index (κ1) is 20.6. The second-order valence-corrected chi connectivity index (χ2v) is 9.30. The number of hydrogen-bond donors (Lipinski definition) is 0. The first-order valence-corrected chi connectivity index (χ1v) is 11.5. The van der Waals surface area contributed by atoms with E-state index in [9.17, 15) is 4.79 Å². The predicted molar refractivity (Wildman–Crippen MR) is 124 cm³/mol. The smallest absolute Gasteiger partial charge is 0.238 e. The zero-order valence-corrected chi connectivity index (χ0v) is 19.1. The van der Waals surface area contributed by atoms with E-state index in [0.29, 0.717) is 22.4 Å². The van der Waals surface area contributed by atoms with Gasteiger partial charge in [0.1, 0.15) is 17.7 Å². The van der Waals surface area contributed by atoms with Gasteiger partial charge in [0, 0.05) is 15.7 Å². The zero-order chi connectivity index (χ0) is 20.4. The quantitative estimate of drug-likeness (QED) is 0.367. The molecule has 148 valence electrons. The number of ether oxygens (including phenoxy) is 1. The summed E-state index contributed by atoms with van der Waals surface area (Å²) in [6.07, 6.45) is 0. The Bertz CT molecular complexity index is 1030. The maximum atomic E-state index is 12.5. The average molecular weight is 509 g/mol. The molecule has 0 aromatic heterocycles. The van der Waals surface area contributed by atoms with Crippen LogP contribution >= 0.6 is 50.9 Å². The highest BCUT2D eigenvalue weighted by atomic mass is 79.9. The molecule has 1 fully saturated rings. The van der Waals surface area contributed by atoms with Crippen LogP contribution in [0.5, 0.6) is 5.75 Å². The first-order valence-electron chi connectivity index (χ1n) is 8.87. The highest BCUT2D eigenvalue weighted by molar-refractivity contribution is 9.10. The topological polar surface area (TPSA) is 29.5 Å². The summed E-state index contributed by atoms with van der Waals surface area (Å²) in [7, 11) is 0. The number of carbonyl (C=O) groups excluding carboxylic acids is 1. The van der Waals surface area contributed by atoms with Crippen molar-refractivity contribution in [1.29, 1.82) is 0 Å². The molecule has 1 atom stereocenters. The lowest BCUT2D eigenvalue weighted by Gasteiger charge is -2.25. The summed E-state index contributed by atoms with van der Waals surface area (Å²) < 4.78 is 6.78. The van der Waals surface area contributed by atoms with Crippen molar-refractivity contribution in [2.24, 2.45) is 0 Å². The zero-order valence-electron chi connectivity index (χ0n) is 15.1. The summed E-state index contributed by atoms with van der Waals surface area (Å²) in [5, 5.41) is 1.26. The molecule has 1 heterocycles. The molecule has 7 heteroatoms. The Morgan fingerprint density at radius 1 is 1.00 bits per heavy atom. The van der Waals surface area contributed by atoms with Gasteiger partial charge in [-0.1, -0.05) is 41.4 Å². The van der Waals surface area contributed by atoms with Gasteiger partial charge in [0.2, 0.25) is 5.91 Å². The van der Waals surface area contributed by atoms with Crippen LogP contribution in [0.25, 0.3) is 0 Å². The molecule has 0 bridgehead atoms. The number of carbonyl (C=O) groups is 1. The van der Waals surface area contributed by atoms with E-state index >= 15 is 0 Å². The Morgan fingerprint density at radius 3 is 2.31 bits per heavy atom. The van der Waals surface area contributed by atoms with Crippen LogP contribution in [0.3, 0.4) is 0 Å². The fraction of sp³-hybridized carbons (Fsp3) is 0.136. The molecule has 29 heavy (non-hydrogen) atoms. The molecular weight excluding hydrogens is 493 g/mol. The first-order chi connectivity index (χ1) is 14.0. The van der Waals surface area contributed by atoms with E-state index in [1.807, 2.05) is 59.5 Å². The van der Waals surface area contributed by atoms with Gasteiger partial charge in [-0.2, -0.15) is 0 Å². The molecule has 0 aliphatic carbocycles. The summed E-state index contributed by atoms with van der Waals surface area (Å²) in [5.41, 5.74) is 2.91. The number of benzene rings is 3. The Balaban J connectivity index is 1.52. The normalized spacial score (nSPS) is 16.3. The van der Waals surface area contributed by atoms with Gasteiger partial charge in [0.05, 0.1) is 10.2 Å². The van der Waals surface area contributed by atoms with Crippen LogP contribution in [0.1, 0.15) is 16.5 Å². The van der Waals surface area contributed by atoms with Crippen molar-refractivity contribution in [1.82, 2.24) is 0 Å². The van der Waals surface area contributed by atoms with E-state index in [4.69, 9.17) is 27.9 Å². The number of hydrogen-bond acceptors (Lipinski definition) is 3. The molecular formula is C22H16BrCl2NO2S. The van der Waals surface area contributed by atoms with Crippen molar-refractivity contribution in [2.45, 2.75) is 12.0 Å². The minimum absolute atomic E-state index is 0.0847. The average Bonchev–Trinajstić information content (AvgIpc) is 3.10. The highest BCUT2D eigenvalue weighted by Gasteiger charge is 2.34. The second kappa shape index (κ2) is 9.00. The largest absolute Gasteiger partial charge is 0.488 e. The maximum Gasteiger partial charge on any atom is 0.238 e. The maximum absolute atomic E-state index is 12.5. The Hall–Kier alpha value is -1.66. The molecule has 0 spiro atoms. The monoisotopic (exact) mass is 507 g/mol. The Morgan fingerprint density at radius 2 is 1.66 bits per heavy atom. The summed E-state index contributed by atoms with van der Waals surface area (Å²) in [4.78, 5) is 14.3. The van der Waals surface area contributed by atoms with Crippen LogP contribution in [0.4, 0.5) is 5.69 Å². The van der Waals surface area contributed by atoms with E-state index in [1.165, 1.54) is 0 Å². The van der Waals surface area contributed by atoms with Gasteiger partial charge in [-0.15, -0.1) is 11.8 Å². The lowest BCUT2D eigenvalue weighted by molar-refractivity contribution is -0.115. The molecule has 0 unspecified atom stereocenters. The van der Waals surface area contributed by atoms with Gasteiger partial charge < -0.3 is 4.74 Å². The van der Waals surface area contributed by atoms with E-state index < -0.39 is 0 Å². The molecule has 4 rings (SSSR count). The van der Waals surface area contributed by atoms with Gasteiger partial charge >= 0.3 is 0 Å². The second-order valence-electron chi connectivity index (χ2n) is 6.51. The molecule has 1 aliphatic heterocycles. The predicted octanol–water partition coefficient (Wildman–Crippen LogP) is 7.11. The van der Waals surface area contributed by atoms with Crippen LogP contribution < -0.4 is 9.64 Å². The number of halogens is 3. The van der Waals surface area contributed by atoms with Gasteiger partial charge in [0.25, 0.3) is 0 Å². The molecule has 3 aromatic rings. The van der Waals surface area contributed by atoms with Gasteiger partial charge in [0.15, 0.2) is 0 Å². The molecule has 0 radical (unpaired) electrons. The van der Waals surface area contributed by atoms with Crippen molar-refractivity contribution >= 4 is 62.5 Å². The molecule has 3 nitrogen and oxygen atoms in total. The van der Waals surface area contributed by atoms with E-state index in [2.05, 4.69) is 15.9 Å². The van der Waals surface area contributed by atoms with Crippen molar-refractivity contribution in [2.75, 3.05) is 10.7 Å². The third kappa shape index (κ3) is 4.75. The lowest BCUT2D eigenvalue weighted by Crippen LogP contribution is -2.27. The summed E-state index contributed by atoms with van der Waals surface area (Å²) in [6, 6.07) is 20.9. The molecule has 1 aliphatic rings. The number of rotatable bonds is 5. The minimum Gasteiger partial charge on any atom is -0.488 e. The van der Waals surface area contributed by atoms with Crippen molar-refractivity contribution in [3.8, 4) is 5.75 Å². The van der Waals surface area contributed by atoms with Gasteiger partial charge in [-0.3, -0.25) is 9.69 Å². The van der Waals surface area contributed by atoms with E-state index in [-0.39, 0.29) is 11.3 Å². The molecule has 3 aromatic carbocycles. The highest BCUT2D eigenvalue weighted by Crippen LogP contribution is 2.43. The van der Waals surface area contributed by atoms with Crippen molar-refractivity contribution in [3.63, 3.8) is 0 Å². The number of amides is 1. The van der Waals surface area contributed by atoms with Crippen molar-refractivity contribution in [3.05, 3.63) is 92.4 Å². The van der Waals surface area contributed by atoms with Crippen LogP contribution in [-0.2, 0) is 11.4 Å². The fourth-order valence-corrected chi connectivity index (χ4v) is 5.01. The van der Waals surface area contributed by atoms with Gasteiger partial charge in [-0.25, -0.2) is 0 Å². The Kier molecular flexibility index (Phi) is 6.40. The summed E-state index contributed by atoms with van der Waals surface area (Å²) in [6.45, 7) is 0.447. The SMILES string of the molecule is O=C1CS[C@H](c2ccc(OCc3ccc(Cl)cc3)c(Br)c2)N1c1ccc(Cl)cc1. The number of nitrogens with zero attached hydrogens (tertiary/aromatic N) is 1. The molecule has 1 amide bonds. The van der Waals surface area contributed by atoms with Crippen LogP contribution in [0.2, 0.25) is 10.0 Å². The van der Waals surface area contributed by atoms with Crippen LogP contribution in [-0.4, -0.2) is 11.7 Å². The summed E-state index contributed by atoms with van der Waals surface area (Å²) >= 11 is 17.1. The van der Waals surface area contributed by atoms with Crippen LogP contribution in [0, 0.1) is 0 Å². The number of anilines is 1. The van der Waals surface area contributed by atoms with E-state index in [1.54, 1.807) is 23.9 Å². The molecule has 1 saturated heterocycles. The van der Waals surface area contributed by atoms with Crippen molar-refractivity contribution < 1.29 is 9.53 Å². The fourth-order valence-electron chi connectivity index (χ4n) is 3.08. The third-order valence-corrected chi connectivity index (χ3v) is 6.86. The van der Waals surface area contributed by atoms with Gasteiger partial charge in [-0.05, 0) is 75.6 Å². The summed E-state index contributed by atoms with van der Waals surface area (Å²) in [5.74, 6) is 1.28. The third-order valence-electron chi connectivity index (χ3n) is 4.52. The minimum atomic E-state index is -0.0923. The molecule has 0 saturated carbocycles. The number of thioether (sulfide) groups is 1. The lowest BCUT2D eigenvalue weighted by atomic mass is 10.1. The van der Waals surface area contributed by atoms with Crippen LogP contribution in [0.15, 0.2) is 71.2 Å². The molecule has 0 N–H and O–H groups in total. The van der Waals surface area contributed by atoms with E-state index in [0.717, 1.165) is 27.0 Å². The Labute approximate surface area is 192 Å².